The Balaban J connectivity index is 1.65. The van der Waals surface area contributed by atoms with E-state index in [0.29, 0.717) is 45.1 Å². The molecule has 0 saturated carbocycles. The maximum Gasteiger partial charge on any atom is 0.231 e. The van der Waals surface area contributed by atoms with Crippen LogP contribution in [0.1, 0.15) is 33.5 Å². The van der Waals surface area contributed by atoms with E-state index in [2.05, 4.69) is 25.3 Å². The van der Waals surface area contributed by atoms with Crippen LogP contribution < -0.4 is 5.32 Å². The van der Waals surface area contributed by atoms with Gasteiger partial charge in [0.2, 0.25) is 5.95 Å². The van der Waals surface area contributed by atoms with Crippen LogP contribution >= 0.6 is 11.3 Å². The Bertz CT molecular complexity index is 1400. The number of thiazole rings is 1. The topological polar surface area (TPSA) is 120 Å². The van der Waals surface area contributed by atoms with E-state index in [1.54, 1.807) is 37.5 Å². The number of carbonyl (C=O) groups excluding carboxylic acids is 1. The molecule has 3 heterocycles. The highest BCUT2D eigenvalue weighted by Crippen LogP contribution is 2.26. The highest BCUT2D eigenvalue weighted by Gasteiger charge is 2.15. The van der Waals surface area contributed by atoms with Crippen molar-refractivity contribution in [1.82, 2.24) is 24.5 Å². The molecule has 160 valence electrons. The van der Waals surface area contributed by atoms with Crippen molar-refractivity contribution in [2.24, 2.45) is 0 Å². The average molecular weight is 457 g/mol. The van der Waals surface area contributed by atoms with Crippen LogP contribution in [0.15, 0.2) is 35.5 Å². The lowest BCUT2D eigenvalue weighted by molar-refractivity contribution is 0.102. The third kappa shape index (κ3) is 4.32. The number of nitrogens with zero attached hydrogens (tertiary/aromatic N) is 5. The second-order valence-electron chi connectivity index (χ2n) is 7.21. The molecule has 0 radical (unpaired) electrons. The minimum atomic E-state index is -3.24. The number of aromatic nitrogens is 5. The number of sulfone groups is 1. The van der Waals surface area contributed by atoms with Crippen LogP contribution in [-0.2, 0) is 16.4 Å². The van der Waals surface area contributed by atoms with Gasteiger partial charge >= 0.3 is 0 Å². The molecule has 9 nitrogen and oxygen atoms in total. The van der Waals surface area contributed by atoms with E-state index in [-0.39, 0.29) is 10.7 Å². The van der Waals surface area contributed by atoms with E-state index >= 15 is 0 Å². The summed E-state index contributed by atoms with van der Waals surface area (Å²) in [4.78, 5) is 30.4. The second-order valence-corrected chi connectivity index (χ2v) is 10.2. The summed E-state index contributed by atoms with van der Waals surface area (Å²) in [5, 5.41) is 3.63. The number of nitrogens with one attached hydrogen (secondary N) is 1. The van der Waals surface area contributed by atoms with Crippen molar-refractivity contribution in [2.75, 3.05) is 11.6 Å². The molecule has 0 bridgehead atoms. The summed E-state index contributed by atoms with van der Waals surface area (Å²) in [6, 6.07) is 6.73. The Morgan fingerprint density at radius 2 is 1.81 bits per heavy atom. The van der Waals surface area contributed by atoms with Gasteiger partial charge in [-0.2, -0.15) is 4.98 Å². The fraction of sp³-hybridized carbons (Fsp3) is 0.250. The number of hydrogen-bond acceptors (Lipinski definition) is 9. The molecular formula is C20H20N6O3S2. The lowest BCUT2D eigenvalue weighted by Gasteiger charge is -2.07. The zero-order chi connectivity index (χ0) is 22.3. The van der Waals surface area contributed by atoms with Gasteiger partial charge in [0, 0.05) is 13.2 Å². The summed E-state index contributed by atoms with van der Waals surface area (Å²) in [5.74, 6) is 0.332. The summed E-state index contributed by atoms with van der Waals surface area (Å²) in [6.45, 7) is 5.62. The molecule has 31 heavy (non-hydrogen) atoms. The number of benzene rings is 1. The van der Waals surface area contributed by atoms with Gasteiger partial charge in [0.25, 0.3) is 0 Å². The summed E-state index contributed by atoms with van der Waals surface area (Å²) >= 11 is 1.26. The molecule has 0 aliphatic heterocycles. The molecular weight excluding hydrogens is 436 g/mol. The van der Waals surface area contributed by atoms with Crippen LogP contribution in [0.25, 0.3) is 11.2 Å². The maximum absolute atomic E-state index is 11.7. The number of aryl methyl sites for hydroxylation is 2. The normalized spacial score (nSPS) is 11.7. The number of Topliss-reactive ketones (excluding diaryl/α,β-unsaturated/α-hetero) is 1. The fourth-order valence-corrected chi connectivity index (χ4v) is 4.65. The van der Waals surface area contributed by atoms with Gasteiger partial charge in [0.05, 0.1) is 34.0 Å². The molecule has 1 aromatic carbocycles. The van der Waals surface area contributed by atoms with Crippen molar-refractivity contribution >= 4 is 49.2 Å². The molecule has 0 saturated heterocycles. The molecule has 4 rings (SSSR count). The predicted octanol–water partition coefficient (Wildman–Crippen LogP) is 3.30. The number of imidazole rings is 1. The van der Waals surface area contributed by atoms with Crippen molar-refractivity contribution in [3.63, 3.8) is 0 Å². The zero-order valence-corrected chi connectivity index (χ0v) is 19.0. The monoisotopic (exact) mass is 456 g/mol. The van der Waals surface area contributed by atoms with Gasteiger partial charge in [0.15, 0.2) is 26.4 Å². The third-order valence-electron chi connectivity index (χ3n) is 4.68. The van der Waals surface area contributed by atoms with Crippen molar-refractivity contribution in [2.45, 2.75) is 32.2 Å². The van der Waals surface area contributed by atoms with Crippen molar-refractivity contribution in [1.29, 1.82) is 0 Å². The Labute approximate surface area is 183 Å². The van der Waals surface area contributed by atoms with Crippen LogP contribution in [0, 0.1) is 13.8 Å². The first kappa shape index (κ1) is 21.1. The molecule has 3 aromatic heterocycles. The molecule has 0 aliphatic rings. The van der Waals surface area contributed by atoms with E-state index in [1.165, 1.54) is 24.5 Å². The molecule has 0 unspecified atom stereocenters. The molecule has 0 fully saturated rings. The first-order chi connectivity index (χ1) is 14.6. The van der Waals surface area contributed by atoms with E-state index in [0.717, 1.165) is 5.56 Å². The minimum Gasteiger partial charge on any atom is -0.311 e. The van der Waals surface area contributed by atoms with Gasteiger partial charge in [-0.15, -0.1) is 0 Å². The van der Waals surface area contributed by atoms with Crippen molar-refractivity contribution < 1.29 is 13.2 Å². The Morgan fingerprint density at radius 3 is 2.42 bits per heavy atom. The third-order valence-corrected chi connectivity index (χ3v) is 6.98. The number of fused-ring (bicyclic) bond motifs is 1. The number of anilines is 2. The SMILES string of the molecule is CC(=O)c1sc(Nc2nc(C)c3ncn(Cc4ccc(S(C)(=O)=O)cc4)c3n2)nc1C. The Morgan fingerprint density at radius 1 is 1.10 bits per heavy atom. The standard InChI is InChI=1S/C20H20N6O3S2/c1-11-16-18(24-19(22-11)25-20-23-12(2)17(30-20)13(3)27)26(10-21-16)9-14-5-7-15(8-6-14)31(4,28)29/h5-8,10H,9H2,1-4H3,(H,22,23,24,25). The van der Waals surface area contributed by atoms with E-state index in [9.17, 15) is 13.2 Å². The summed E-state index contributed by atoms with van der Waals surface area (Å²) in [5.41, 5.74) is 3.61. The van der Waals surface area contributed by atoms with Crippen LogP contribution in [-0.4, -0.2) is 45.0 Å². The van der Waals surface area contributed by atoms with Crippen LogP contribution in [0.3, 0.4) is 0 Å². The largest absolute Gasteiger partial charge is 0.311 e. The van der Waals surface area contributed by atoms with Gasteiger partial charge in [-0.25, -0.2) is 23.4 Å². The van der Waals surface area contributed by atoms with E-state index in [1.807, 2.05) is 11.5 Å². The first-order valence-electron chi connectivity index (χ1n) is 9.35. The van der Waals surface area contributed by atoms with Gasteiger partial charge in [-0.3, -0.25) is 10.1 Å². The van der Waals surface area contributed by atoms with Gasteiger partial charge < -0.3 is 4.57 Å². The van der Waals surface area contributed by atoms with E-state index < -0.39 is 9.84 Å². The quantitative estimate of drug-likeness (QED) is 0.439. The van der Waals surface area contributed by atoms with Crippen molar-refractivity contribution in [3.8, 4) is 0 Å². The van der Waals surface area contributed by atoms with Crippen LogP contribution in [0.2, 0.25) is 0 Å². The van der Waals surface area contributed by atoms with Gasteiger partial charge in [-0.05, 0) is 31.5 Å². The first-order valence-corrected chi connectivity index (χ1v) is 12.1. The second kappa shape index (κ2) is 7.82. The summed E-state index contributed by atoms with van der Waals surface area (Å²) in [7, 11) is -3.24. The molecule has 0 atom stereocenters. The molecule has 0 spiro atoms. The number of hydrogen-bond donors (Lipinski definition) is 1. The Kier molecular flexibility index (Phi) is 5.31. The maximum atomic E-state index is 11.7. The van der Waals surface area contributed by atoms with Crippen LogP contribution in [0.4, 0.5) is 11.1 Å². The van der Waals surface area contributed by atoms with Crippen molar-refractivity contribution in [3.05, 3.63) is 52.4 Å². The number of carbonyl (C=O) groups is 1. The smallest absolute Gasteiger partial charge is 0.231 e. The summed E-state index contributed by atoms with van der Waals surface area (Å²) < 4.78 is 25.2. The lowest BCUT2D eigenvalue weighted by atomic mass is 10.2. The minimum absolute atomic E-state index is 0.0319. The van der Waals surface area contributed by atoms with E-state index in [4.69, 9.17) is 0 Å². The predicted molar refractivity (Wildman–Crippen MR) is 119 cm³/mol. The lowest BCUT2D eigenvalue weighted by Crippen LogP contribution is -2.04. The van der Waals surface area contributed by atoms with Gasteiger partial charge in [0.1, 0.15) is 5.52 Å². The molecule has 0 amide bonds. The Hall–Kier alpha value is -3.18. The molecule has 4 aromatic rings. The number of rotatable bonds is 6. The molecule has 0 aliphatic carbocycles. The average Bonchev–Trinajstić information content (AvgIpc) is 3.25. The zero-order valence-electron chi connectivity index (χ0n) is 17.4. The molecule has 11 heteroatoms. The van der Waals surface area contributed by atoms with Crippen LogP contribution in [0.5, 0.6) is 0 Å². The highest BCUT2D eigenvalue weighted by atomic mass is 32.2. The highest BCUT2D eigenvalue weighted by molar-refractivity contribution is 7.90. The summed E-state index contributed by atoms with van der Waals surface area (Å²) in [6.07, 6.45) is 2.87. The fourth-order valence-electron chi connectivity index (χ4n) is 3.17. The molecule has 1 N–H and O–H groups in total. The van der Waals surface area contributed by atoms with Gasteiger partial charge in [-0.1, -0.05) is 23.5 Å². The number of ketones is 1.